The monoisotopic (exact) mass is 400 g/mol. The van der Waals surface area contributed by atoms with Gasteiger partial charge in [-0.15, -0.1) is 0 Å². The van der Waals surface area contributed by atoms with Crippen molar-refractivity contribution in [2.24, 2.45) is 17.3 Å². The molecule has 5 atom stereocenters. The maximum Gasteiger partial charge on any atom is 0.203 e. The summed E-state index contributed by atoms with van der Waals surface area (Å²) in [5, 5.41) is 20.4. The van der Waals surface area contributed by atoms with Crippen molar-refractivity contribution in [1.29, 1.82) is 0 Å². The van der Waals surface area contributed by atoms with Gasteiger partial charge < -0.3 is 14.9 Å². The molecule has 1 fully saturated rings. The zero-order valence-corrected chi connectivity index (χ0v) is 18.5. The van der Waals surface area contributed by atoms with Crippen molar-refractivity contribution in [2.45, 2.75) is 78.4 Å². The Morgan fingerprint density at radius 2 is 2.00 bits per heavy atom. The van der Waals surface area contributed by atoms with Crippen LogP contribution in [0.25, 0.3) is 0 Å². The molecule has 29 heavy (non-hydrogen) atoms. The third-order valence-electron chi connectivity index (χ3n) is 7.24. The Bertz CT molecular complexity index is 787. The maximum absolute atomic E-state index is 13.1. The molecule has 2 aliphatic heterocycles. The van der Waals surface area contributed by atoms with Gasteiger partial charge in [-0.1, -0.05) is 43.7 Å². The quantitative estimate of drug-likeness (QED) is 0.625. The molecule has 2 N–H and O–H groups in total. The number of ether oxygens (including phenoxy) is 1. The van der Waals surface area contributed by atoms with Gasteiger partial charge in [-0.2, -0.15) is 0 Å². The highest BCUT2D eigenvalue weighted by Gasteiger charge is 2.51. The standard InChI is InChI=1S/C25H36O4/c1-16-7-6-12-24(4)13-11-20(29-24)17(2)8-9-19-21(18(3)15-26)22(27)23(28)25(19,5)14-10-16/h6,8,10,12,18-20,26-27H,7,9,11,13-15H2,1-5H3/b12-6+,16-10+,17-8+/t18-,19-,20+,24+,25+/m1/s1. The molecule has 4 nitrogen and oxygen atoms in total. The fourth-order valence-corrected chi connectivity index (χ4v) is 5.07. The van der Waals surface area contributed by atoms with E-state index in [4.69, 9.17) is 4.74 Å². The molecule has 0 aromatic heterocycles. The van der Waals surface area contributed by atoms with Gasteiger partial charge in [-0.05, 0) is 64.0 Å². The Morgan fingerprint density at radius 1 is 1.28 bits per heavy atom. The Labute approximate surface area is 175 Å². The van der Waals surface area contributed by atoms with Crippen LogP contribution in [-0.2, 0) is 9.53 Å². The number of allylic oxidation sites excluding steroid dienone is 5. The second kappa shape index (κ2) is 8.23. The molecule has 0 radical (unpaired) electrons. The number of carbonyl (C=O) groups is 1. The van der Waals surface area contributed by atoms with Gasteiger partial charge in [0.25, 0.3) is 0 Å². The predicted molar refractivity (Wildman–Crippen MR) is 116 cm³/mol. The van der Waals surface area contributed by atoms with Crippen LogP contribution in [0.15, 0.2) is 46.8 Å². The number of hydrogen-bond acceptors (Lipinski definition) is 4. The van der Waals surface area contributed by atoms with E-state index in [1.54, 1.807) is 0 Å². The maximum atomic E-state index is 13.1. The van der Waals surface area contributed by atoms with Crippen molar-refractivity contribution in [2.75, 3.05) is 6.61 Å². The smallest absolute Gasteiger partial charge is 0.203 e. The summed E-state index contributed by atoms with van der Waals surface area (Å²) in [7, 11) is 0. The second-order valence-corrected chi connectivity index (χ2v) is 9.69. The molecule has 0 saturated carbocycles. The highest BCUT2D eigenvalue weighted by Crippen LogP contribution is 2.50. The van der Waals surface area contributed by atoms with Crippen molar-refractivity contribution < 1.29 is 19.7 Å². The molecule has 0 aromatic rings. The largest absolute Gasteiger partial charge is 0.504 e. The topological polar surface area (TPSA) is 66.8 Å². The minimum absolute atomic E-state index is 0.0777. The van der Waals surface area contributed by atoms with Gasteiger partial charge in [0.2, 0.25) is 5.78 Å². The first kappa shape index (κ1) is 22.0. The van der Waals surface area contributed by atoms with Crippen molar-refractivity contribution in [3.8, 4) is 0 Å². The first-order valence-corrected chi connectivity index (χ1v) is 10.9. The van der Waals surface area contributed by atoms with Crippen LogP contribution in [0.3, 0.4) is 0 Å². The van der Waals surface area contributed by atoms with Gasteiger partial charge in [-0.3, -0.25) is 4.79 Å². The number of aliphatic hydroxyl groups excluding tert-OH is 2. The number of fused-ring (bicyclic) bond motifs is 3. The average molecular weight is 401 g/mol. The molecule has 0 unspecified atom stereocenters. The summed E-state index contributed by atoms with van der Waals surface area (Å²) >= 11 is 0. The number of Topliss-reactive ketones (excluding diaryl/α,β-unsaturated/α-hetero) is 1. The van der Waals surface area contributed by atoms with E-state index in [1.165, 1.54) is 11.1 Å². The van der Waals surface area contributed by atoms with E-state index in [0.29, 0.717) is 18.4 Å². The van der Waals surface area contributed by atoms with Gasteiger partial charge in [0.05, 0.1) is 11.7 Å². The van der Waals surface area contributed by atoms with E-state index >= 15 is 0 Å². The third-order valence-corrected chi connectivity index (χ3v) is 7.24. The van der Waals surface area contributed by atoms with Crippen LogP contribution in [-0.4, -0.2) is 34.3 Å². The van der Waals surface area contributed by atoms with Crippen molar-refractivity contribution in [1.82, 2.24) is 0 Å². The normalized spacial score (nSPS) is 41.8. The summed E-state index contributed by atoms with van der Waals surface area (Å²) < 4.78 is 6.37. The van der Waals surface area contributed by atoms with Crippen molar-refractivity contribution in [3.05, 3.63) is 46.8 Å². The Kier molecular flexibility index (Phi) is 6.26. The summed E-state index contributed by atoms with van der Waals surface area (Å²) in [6, 6.07) is 0. The molecular weight excluding hydrogens is 364 g/mol. The van der Waals surface area contributed by atoms with Gasteiger partial charge in [0, 0.05) is 23.9 Å². The van der Waals surface area contributed by atoms with E-state index in [2.05, 4.69) is 45.1 Å². The summed E-state index contributed by atoms with van der Waals surface area (Å²) in [4.78, 5) is 13.1. The molecule has 160 valence electrons. The lowest BCUT2D eigenvalue weighted by molar-refractivity contribution is -0.126. The van der Waals surface area contributed by atoms with Crippen LogP contribution < -0.4 is 0 Å². The highest BCUT2D eigenvalue weighted by atomic mass is 16.5. The van der Waals surface area contributed by atoms with Crippen LogP contribution in [0.1, 0.15) is 66.7 Å². The Hall–Kier alpha value is -1.65. The highest BCUT2D eigenvalue weighted by molar-refractivity contribution is 6.02. The fourth-order valence-electron chi connectivity index (χ4n) is 5.07. The van der Waals surface area contributed by atoms with Gasteiger partial charge in [0.15, 0.2) is 5.76 Å². The lowest BCUT2D eigenvalue weighted by Crippen LogP contribution is -2.32. The summed E-state index contributed by atoms with van der Waals surface area (Å²) in [5.41, 5.74) is 2.18. The molecule has 2 bridgehead atoms. The Balaban J connectivity index is 2.03. The number of rotatable bonds is 2. The second-order valence-electron chi connectivity index (χ2n) is 9.69. The lowest BCUT2D eigenvalue weighted by atomic mass is 9.70. The molecule has 3 aliphatic rings. The zero-order chi connectivity index (χ0) is 21.4. The lowest BCUT2D eigenvalue weighted by Gasteiger charge is -2.32. The summed E-state index contributed by atoms with van der Waals surface area (Å²) in [6.07, 6.45) is 12.8. The van der Waals surface area contributed by atoms with Gasteiger partial charge >= 0.3 is 0 Å². The van der Waals surface area contributed by atoms with Gasteiger partial charge in [0.1, 0.15) is 0 Å². The van der Waals surface area contributed by atoms with Gasteiger partial charge in [-0.25, -0.2) is 0 Å². The predicted octanol–water partition coefficient (Wildman–Crippen LogP) is 5.20. The Morgan fingerprint density at radius 3 is 2.69 bits per heavy atom. The molecule has 0 aromatic carbocycles. The SMILES string of the molecule is C/C1=C\C[C@]2(C)C(=O)C(O)=C([C@H](C)CO)[C@H]2C/C=C(\C)[C@@H]2CC[C@](C)(/C=C/C1)O2. The first-order chi connectivity index (χ1) is 13.6. The minimum atomic E-state index is -0.695. The van der Waals surface area contributed by atoms with Crippen molar-refractivity contribution >= 4 is 5.78 Å². The van der Waals surface area contributed by atoms with Crippen molar-refractivity contribution in [3.63, 3.8) is 0 Å². The molecule has 1 aliphatic carbocycles. The summed E-state index contributed by atoms with van der Waals surface area (Å²) in [5.74, 6) is -0.690. The van der Waals surface area contributed by atoms with E-state index in [-0.39, 0.29) is 41.7 Å². The average Bonchev–Trinajstić information content (AvgIpc) is 3.16. The first-order valence-electron chi connectivity index (χ1n) is 10.9. The number of aliphatic hydroxyl groups is 2. The molecule has 2 heterocycles. The van der Waals surface area contributed by atoms with Crippen LogP contribution in [0.2, 0.25) is 0 Å². The molecule has 1 saturated heterocycles. The molecular formula is C25H36O4. The zero-order valence-electron chi connectivity index (χ0n) is 18.5. The number of hydrogen-bond donors (Lipinski definition) is 2. The number of carbonyl (C=O) groups excluding carboxylic acids is 1. The number of ketones is 1. The van der Waals surface area contributed by atoms with Crippen LogP contribution in [0, 0.1) is 17.3 Å². The fraction of sp³-hybridized carbons (Fsp3) is 0.640. The molecule has 0 spiro atoms. The van der Waals surface area contributed by atoms with Crippen LogP contribution >= 0.6 is 0 Å². The minimum Gasteiger partial charge on any atom is -0.504 e. The van der Waals surface area contributed by atoms with Crippen LogP contribution in [0.5, 0.6) is 0 Å². The van der Waals surface area contributed by atoms with E-state index in [0.717, 1.165) is 19.3 Å². The summed E-state index contributed by atoms with van der Waals surface area (Å²) in [6.45, 7) is 10.1. The van der Waals surface area contributed by atoms with E-state index < -0.39 is 5.41 Å². The van der Waals surface area contributed by atoms with E-state index in [1.807, 2.05) is 13.8 Å². The van der Waals surface area contributed by atoms with E-state index in [9.17, 15) is 15.0 Å². The van der Waals surface area contributed by atoms with Crippen LogP contribution in [0.4, 0.5) is 0 Å². The molecule has 0 amide bonds. The third kappa shape index (κ3) is 4.15. The molecule has 3 rings (SSSR count). The molecule has 4 heteroatoms.